The molecule has 1 heteroatoms. The number of fused-ring (bicyclic) bond motifs is 5. The number of rotatable bonds is 0. The molecule has 0 radical (unpaired) electrons. The van der Waals surface area contributed by atoms with E-state index in [-0.39, 0.29) is 0 Å². The molecule has 0 saturated heterocycles. The molecule has 1 aromatic heterocycles. The molecule has 0 atom stereocenters. The van der Waals surface area contributed by atoms with Crippen LogP contribution in [-0.2, 0) is 7.05 Å². The summed E-state index contributed by atoms with van der Waals surface area (Å²) in [6, 6.07) is 25.6. The lowest BCUT2D eigenvalue weighted by molar-refractivity contribution is 0.969. The monoisotopic (exact) mass is 377 g/mol. The summed E-state index contributed by atoms with van der Waals surface area (Å²) in [5.41, 5.74) is 1.30. The Labute approximate surface area is 171 Å². The highest BCUT2D eigenvalue weighted by molar-refractivity contribution is 6.51. The van der Waals surface area contributed by atoms with E-state index in [1.165, 1.54) is 86.3 Å². The molecule has 30 heavy (non-hydrogen) atoms. The van der Waals surface area contributed by atoms with E-state index in [4.69, 9.17) is 0 Å². The molecule has 1 heterocycles. The number of hydrogen-bond donors (Lipinski definition) is 0. The first kappa shape index (κ1) is 14.2. The zero-order chi connectivity index (χ0) is 19.3. The van der Waals surface area contributed by atoms with Crippen LogP contribution in [0.5, 0.6) is 0 Å². The molecule has 0 spiro atoms. The summed E-state index contributed by atoms with van der Waals surface area (Å²) in [6.07, 6.45) is 2.18. The van der Waals surface area contributed by atoms with Gasteiger partial charge in [0.1, 0.15) is 0 Å². The van der Waals surface area contributed by atoms with E-state index < -0.39 is 0 Å². The van der Waals surface area contributed by atoms with Crippen LogP contribution in [0.4, 0.5) is 0 Å². The topological polar surface area (TPSA) is 4.93 Å². The van der Waals surface area contributed by atoms with Crippen molar-refractivity contribution in [3.8, 4) is 0 Å². The fourth-order valence-corrected chi connectivity index (χ4v) is 6.57. The van der Waals surface area contributed by atoms with Crippen molar-refractivity contribution in [2.24, 2.45) is 7.05 Å². The minimum atomic E-state index is 1.30. The second kappa shape index (κ2) is 4.20. The van der Waals surface area contributed by atoms with Gasteiger partial charge < -0.3 is 4.57 Å². The Morgan fingerprint density at radius 2 is 1.03 bits per heavy atom. The van der Waals surface area contributed by atoms with E-state index in [9.17, 15) is 0 Å². The summed E-state index contributed by atoms with van der Waals surface area (Å²) < 4.78 is 2.23. The lowest BCUT2D eigenvalue weighted by atomic mass is 9.96. The molecule has 9 aromatic rings. The van der Waals surface area contributed by atoms with Gasteiger partial charge in [0.25, 0.3) is 0 Å². The zero-order valence-electron chi connectivity index (χ0n) is 16.4. The van der Waals surface area contributed by atoms with E-state index >= 15 is 0 Å². The third kappa shape index (κ3) is 1.27. The van der Waals surface area contributed by atoms with Crippen molar-refractivity contribution in [3.63, 3.8) is 0 Å². The summed E-state index contributed by atoms with van der Waals surface area (Å²) in [4.78, 5) is 0. The predicted octanol–water partition coefficient (Wildman–Crippen LogP) is 8.00. The van der Waals surface area contributed by atoms with Gasteiger partial charge in [0.15, 0.2) is 0 Å². The molecule has 0 amide bonds. The van der Waals surface area contributed by atoms with Gasteiger partial charge in [-0.05, 0) is 99.7 Å². The van der Waals surface area contributed by atoms with E-state index in [0.29, 0.717) is 0 Å². The Hall–Kier alpha value is -3.84. The first-order chi connectivity index (χ1) is 14.8. The van der Waals surface area contributed by atoms with Crippen molar-refractivity contribution in [1.29, 1.82) is 0 Å². The van der Waals surface area contributed by atoms with Crippen LogP contribution < -0.4 is 0 Å². The molecule has 136 valence electrons. The molecule has 0 fully saturated rings. The fourth-order valence-electron chi connectivity index (χ4n) is 6.57. The van der Waals surface area contributed by atoms with Gasteiger partial charge in [0.2, 0.25) is 0 Å². The van der Waals surface area contributed by atoms with Crippen LogP contribution in [0.3, 0.4) is 0 Å². The maximum Gasteiger partial charge on any atom is 0.0484 e. The minimum absolute atomic E-state index is 1.30. The Morgan fingerprint density at radius 1 is 0.433 bits per heavy atom. The van der Waals surface area contributed by atoms with Crippen LogP contribution in [0.1, 0.15) is 0 Å². The highest BCUT2D eigenvalue weighted by Crippen LogP contribution is 2.53. The molecule has 9 rings (SSSR count). The second-order valence-electron chi connectivity index (χ2n) is 9.03. The Bertz CT molecular complexity index is 2070. The third-order valence-corrected chi connectivity index (χ3v) is 7.75. The van der Waals surface area contributed by atoms with Crippen LogP contribution in [0.25, 0.3) is 86.3 Å². The lowest BCUT2D eigenvalue weighted by Gasteiger charge is -2.06. The standard InChI is InChI=1S/C29H15N/c1-30-11-10-19-22(30)9-8-18-20-12-16-6-4-14-2-3-15-5-7-17-13-21(27(18)19)28(20)29-25(16)23(14)24(15)26(17)29/h2-13H,1H3. The van der Waals surface area contributed by atoms with Crippen LogP contribution in [-0.4, -0.2) is 4.57 Å². The summed E-state index contributed by atoms with van der Waals surface area (Å²) in [5, 5.41) is 21.2. The van der Waals surface area contributed by atoms with Gasteiger partial charge >= 0.3 is 0 Å². The first-order valence-corrected chi connectivity index (χ1v) is 10.6. The molecule has 8 aromatic carbocycles. The largest absolute Gasteiger partial charge is 0.351 e. The Balaban J connectivity index is 1.77. The molecule has 0 aliphatic rings. The van der Waals surface area contributed by atoms with Gasteiger partial charge in [-0.3, -0.25) is 0 Å². The fraction of sp³-hybridized carbons (Fsp3) is 0.0345. The zero-order valence-corrected chi connectivity index (χ0v) is 16.4. The Kier molecular flexibility index (Phi) is 1.98. The molecule has 0 aliphatic carbocycles. The molecule has 0 unspecified atom stereocenters. The smallest absolute Gasteiger partial charge is 0.0484 e. The third-order valence-electron chi connectivity index (χ3n) is 7.75. The summed E-state index contributed by atoms with van der Waals surface area (Å²) in [5.74, 6) is 0. The van der Waals surface area contributed by atoms with Crippen LogP contribution in [0, 0.1) is 0 Å². The van der Waals surface area contributed by atoms with Crippen molar-refractivity contribution in [3.05, 3.63) is 72.9 Å². The van der Waals surface area contributed by atoms with Crippen molar-refractivity contribution < 1.29 is 0 Å². The number of benzene rings is 6. The molecule has 0 N–H and O–H groups in total. The maximum absolute atomic E-state index is 2.45. The molecule has 0 aliphatic heterocycles. The predicted molar refractivity (Wildman–Crippen MR) is 130 cm³/mol. The van der Waals surface area contributed by atoms with E-state index in [0.717, 1.165) is 0 Å². The average Bonchev–Trinajstić information content (AvgIpc) is 3.43. The van der Waals surface area contributed by atoms with Crippen molar-refractivity contribution in [1.82, 2.24) is 4.57 Å². The van der Waals surface area contributed by atoms with Gasteiger partial charge in [0.05, 0.1) is 0 Å². The van der Waals surface area contributed by atoms with E-state index in [1.54, 1.807) is 0 Å². The summed E-state index contributed by atoms with van der Waals surface area (Å²) in [6.45, 7) is 0. The normalized spacial score (nSPS) is 13.5. The van der Waals surface area contributed by atoms with Crippen molar-refractivity contribution in [2.75, 3.05) is 0 Å². The highest BCUT2D eigenvalue weighted by Gasteiger charge is 2.25. The molecular weight excluding hydrogens is 362 g/mol. The van der Waals surface area contributed by atoms with Crippen LogP contribution >= 0.6 is 0 Å². The second-order valence-corrected chi connectivity index (χ2v) is 9.03. The molecule has 1 nitrogen and oxygen atoms in total. The average molecular weight is 377 g/mol. The van der Waals surface area contributed by atoms with E-state index in [2.05, 4.69) is 84.5 Å². The van der Waals surface area contributed by atoms with Crippen LogP contribution in [0.15, 0.2) is 72.9 Å². The lowest BCUT2D eigenvalue weighted by Crippen LogP contribution is -1.82. The molecule has 0 saturated carbocycles. The summed E-state index contributed by atoms with van der Waals surface area (Å²) >= 11 is 0. The van der Waals surface area contributed by atoms with Gasteiger partial charge in [-0.25, -0.2) is 0 Å². The minimum Gasteiger partial charge on any atom is -0.351 e. The van der Waals surface area contributed by atoms with Gasteiger partial charge in [0, 0.05) is 24.1 Å². The molecular formula is C29H15N. The maximum atomic E-state index is 2.45. The number of nitrogens with zero attached hydrogens (tertiary/aromatic N) is 1. The SMILES string of the molecule is Cn1ccc2c3c(ccc21)c1cc2ccc4ccc5ccc6cc3c1c1c2c4c5c61. The number of hydrogen-bond acceptors (Lipinski definition) is 0. The highest BCUT2D eigenvalue weighted by atomic mass is 14.9. The number of aryl methyl sites for hydroxylation is 1. The quantitative estimate of drug-likeness (QED) is 0.236. The number of aromatic nitrogens is 1. The van der Waals surface area contributed by atoms with E-state index in [1.807, 2.05) is 0 Å². The molecule has 0 bridgehead atoms. The van der Waals surface area contributed by atoms with Gasteiger partial charge in [-0.1, -0.05) is 42.5 Å². The van der Waals surface area contributed by atoms with Crippen molar-refractivity contribution in [2.45, 2.75) is 0 Å². The summed E-state index contributed by atoms with van der Waals surface area (Å²) in [7, 11) is 2.14. The van der Waals surface area contributed by atoms with Crippen molar-refractivity contribution >= 4 is 86.3 Å². The Morgan fingerprint density at radius 3 is 1.73 bits per heavy atom. The first-order valence-electron chi connectivity index (χ1n) is 10.6. The van der Waals surface area contributed by atoms with Crippen LogP contribution in [0.2, 0.25) is 0 Å². The van der Waals surface area contributed by atoms with Gasteiger partial charge in [-0.2, -0.15) is 0 Å². The van der Waals surface area contributed by atoms with Gasteiger partial charge in [-0.15, -0.1) is 0 Å².